The lowest BCUT2D eigenvalue weighted by atomic mass is 10.1. The zero-order valence-electron chi connectivity index (χ0n) is 18.5. The van der Waals surface area contributed by atoms with Gasteiger partial charge >= 0.3 is 6.09 Å². The number of hydrogen-bond acceptors (Lipinski definition) is 4. The Morgan fingerprint density at radius 2 is 1.70 bits per heavy atom. The maximum absolute atomic E-state index is 11.9. The third-order valence-electron chi connectivity index (χ3n) is 4.56. The largest absolute Gasteiger partial charge is 0.444 e. The number of quaternary nitrogens is 1. The maximum Gasteiger partial charge on any atom is 0.407 e. The van der Waals surface area contributed by atoms with E-state index in [2.05, 4.69) is 31.5 Å². The number of non-ortho nitro benzene ring substituents is 1. The molecule has 0 saturated heterocycles. The van der Waals surface area contributed by atoms with E-state index in [-0.39, 0.29) is 10.6 Å². The van der Waals surface area contributed by atoms with Gasteiger partial charge in [0.1, 0.15) is 12.1 Å². The van der Waals surface area contributed by atoms with E-state index < -0.39 is 11.7 Å². The van der Waals surface area contributed by atoms with Crippen LogP contribution in [0.2, 0.25) is 0 Å². The van der Waals surface area contributed by atoms with Crippen LogP contribution >= 0.6 is 0 Å². The Morgan fingerprint density at radius 3 is 2.37 bits per heavy atom. The predicted molar refractivity (Wildman–Crippen MR) is 117 cm³/mol. The summed E-state index contributed by atoms with van der Waals surface area (Å²) in [5.74, 6) is 0. The minimum absolute atomic E-state index is 0.128. The Balaban J connectivity index is 1.93. The SMILES string of the molecule is CC(C)(C)OC(=O)NCc1cccc(C[N+](C)(C)CCc2cccc([N+](=O)[O-])c2)c1. The number of benzene rings is 2. The second kappa shape index (κ2) is 9.71. The zero-order valence-corrected chi connectivity index (χ0v) is 18.5. The molecule has 30 heavy (non-hydrogen) atoms. The molecule has 0 atom stereocenters. The summed E-state index contributed by atoms with van der Waals surface area (Å²) < 4.78 is 6.01. The summed E-state index contributed by atoms with van der Waals surface area (Å²) in [5.41, 5.74) is 2.75. The van der Waals surface area contributed by atoms with E-state index in [1.54, 1.807) is 12.1 Å². The number of nitrogens with zero attached hydrogens (tertiary/aromatic N) is 2. The summed E-state index contributed by atoms with van der Waals surface area (Å²) in [7, 11) is 4.28. The number of nitro benzene ring substituents is 1. The molecule has 0 unspecified atom stereocenters. The van der Waals surface area contributed by atoms with E-state index >= 15 is 0 Å². The second-order valence-electron chi connectivity index (χ2n) is 9.17. The molecule has 7 heteroatoms. The van der Waals surface area contributed by atoms with Gasteiger partial charge < -0.3 is 14.5 Å². The van der Waals surface area contributed by atoms with E-state index in [0.29, 0.717) is 6.54 Å². The molecule has 162 valence electrons. The first kappa shape index (κ1) is 23.3. The summed E-state index contributed by atoms with van der Waals surface area (Å²) in [6.07, 6.45) is 0.329. The first-order valence-corrected chi connectivity index (χ1v) is 10.0. The smallest absolute Gasteiger partial charge is 0.407 e. The minimum atomic E-state index is -0.521. The predicted octanol–water partition coefficient (Wildman–Crippen LogP) is 4.44. The molecule has 0 aliphatic heterocycles. The van der Waals surface area contributed by atoms with Gasteiger partial charge in [0, 0.05) is 30.7 Å². The van der Waals surface area contributed by atoms with Crippen molar-refractivity contribution in [2.24, 2.45) is 0 Å². The molecule has 0 heterocycles. The van der Waals surface area contributed by atoms with Crippen molar-refractivity contribution >= 4 is 11.8 Å². The number of rotatable bonds is 8. The molecular formula is C23H32N3O4+. The van der Waals surface area contributed by atoms with Crippen LogP contribution in [-0.4, -0.2) is 41.7 Å². The highest BCUT2D eigenvalue weighted by molar-refractivity contribution is 5.67. The first-order chi connectivity index (χ1) is 13.9. The van der Waals surface area contributed by atoms with Gasteiger partial charge in [0.05, 0.1) is 25.6 Å². The van der Waals surface area contributed by atoms with Crippen molar-refractivity contribution in [3.05, 3.63) is 75.3 Å². The molecule has 0 bridgehead atoms. The standard InChI is InChI=1S/C23H31N3O4/c1-23(2,3)30-22(27)24-16-19-9-6-10-20(14-19)17-26(4,5)13-12-18-8-7-11-21(15-18)25(28)29/h6-11,14-15H,12-13,16-17H2,1-5H3/p+1. The normalized spacial score (nSPS) is 11.8. The van der Waals surface area contributed by atoms with Crippen LogP contribution in [-0.2, 0) is 24.2 Å². The van der Waals surface area contributed by atoms with Gasteiger partial charge in [-0.1, -0.05) is 30.3 Å². The fourth-order valence-corrected chi connectivity index (χ4v) is 3.16. The molecule has 7 nitrogen and oxygen atoms in total. The van der Waals surface area contributed by atoms with Crippen LogP contribution in [0.25, 0.3) is 0 Å². The fourth-order valence-electron chi connectivity index (χ4n) is 3.16. The van der Waals surface area contributed by atoms with Gasteiger partial charge in [-0.3, -0.25) is 10.1 Å². The highest BCUT2D eigenvalue weighted by atomic mass is 16.6. The highest BCUT2D eigenvalue weighted by Crippen LogP contribution is 2.17. The highest BCUT2D eigenvalue weighted by Gasteiger charge is 2.18. The van der Waals surface area contributed by atoms with Crippen LogP contribution in [0.5, 0.6) is 0 Å². The third kappa shape index (κ3) is 8.21. The second-order valence-corrected chi connectivity index (χ2v) is 9.17. The van der Waals surface area contributed by atoms with Crippen molar-refractivity contribution < 1.29 is 18.9 Å². The molecule has 0 aliphatic rings. The summed E-state index contributed by atoms with van der Waals surface area (Å²) in [6.45, 7) is 7.57. The maximum atomic E-state index is 11.9. The fraction of sp³-hybridized carbons (Fsp3) is 0.435. The zero-order chi connectivity index (χ0) is 22.4. The Hall–Kier alpha value is -2.93. The molecule has 2 rings (SSSR count). The van der Waals surface area contributed by atoms with Crippen LogP contribution in [0.3, 0.4) is 0 Å². The Bertz CT molecular complexity index is 888. The summed E-state index contributed by atoms with van der Waals surface area (Å²) in [6, 6.07) is 14.9. The van der Waals surface area contributed by atoms with Gasteiger partial charge in [0.2, 0.25) is 0 Å². The van der Waals surface area contributed by atoms with Gasteiger partial charge in [-0.05, 0) is 38.0 Å². The van der Waals surface area contributed by atoms with Crippen molar-refractivity contribution in [3.63, 3.8) is 0 Å². The number of likely N-dealkylation sites (N-methyl/N-ethyl adjacent to an activating group) is 1. The average Bonchev–Trinajstić information content (AvgIpc) is 2.64. The Morgan fingerprint density at radius 1 is 1.07 bits per heavy atom. The number of alkyl carbamates (subject to hydrolysis) is 1. The van der Waals surface area contributed by atoms with E-state index in [1.165, 1.54) is 11.6 Å². The third-order valence-corrected chi connectivity index (χ3v) is 4.56. The van der Waals surface area contributed by atoms with E-state index in [4.69, 9.17) is 4.74 Å². The molecule has 0 radical (unpaired) electrons. The van der Waals surface area contributed by atoms with Crippen LogP contribution in [0.4, 0.5) is 10.5 Å². The van der Waals surface area contributed by atoms with Crippen LogP contribution in [0.1, 0.15) is 37.5 Å². The quantitative estimate of drug-likeness (QED) is 0.393. The van der Waals surface area contributed by atoms with Crippen LogP contribution in [0, 0.1) is 10.1 Å². The Labute approximate surface area is 178 Å². The summed E-state index contributed by atoms with van der Waals surface area (Å²) in [5, 5.41) is 13.7. The molecule has 0 saturated carbocycles. The van der Waals surface area contributed by atoms with Crippen molar-refractivity contribution in [3.8, 4) is 0 Å². The number of carbonyl (C=O) groups is 1. The van der Waals surface area contributed by atoms with Crippen molar-refractivity contribution in [2.75, 3.05) is 20.6 Å². The molecule has 2 aromatic rings. The van der Waals surface area contributed by atoms with Gasteiger partial charge in [0.15, 0.2) is 0 Å². The topological polar surface area (TPSA) is 81.5 Å². The van der Waals surface area contributed by atoms with Gasteiger partial charge in [0.25, 0.3) is 5.69 Å². The number of ether oxygens (including phenoxy) is 1. The molecule has 0 aliphatic carbocycles. The summed E-state index contributed by atoms with van der Waals surface area (Å²) >= 11 is 0. The number of nitro groups is 1. The van der Waals surface area contributed by atoms with Gasteiger partial charge in [-0.25, -0.2) is 4.79 Å². The van der Waals surface area contributed by atoms with E-state index in [0.717, 1.165) is 35.1 Å². The minimum Gasteiger partial charge on any atom is -0.444 e. The average molecular weight is 415 g/mol. The number of nitrogens with one attached hydrogen (secondary N) is 1. The molecule has 0 spiro atoms. The molecule has 1 N–H and O–H groups in total. The molecular weight excluding hydrogens is 382 g/mol. The molecule has 1 amide bonds. The number of amides is 1. The van der Waals surface area contributed by atoms with E-state index in [9.17, 15) is 14.9 Å². The lowest BCUT2D eigenvalue weighted by molar-refractivity contribution is -0.903. The Kier molecular flexibility index (Phi) is 7.56. The number of carbonyl (C=O) groups excluding carboxylic acids is 1. The monoisotopic (exact) mass is 414 g/mol. The first-order valence-electron chi connectivity index (χ1n) is 10.0. The molecule has 2 aromatic carbocycles. The number of hydrogen-bond donors (Lipinski definition) is 1. The summed E-state index contributed by atoms with van der Waals surface area (Å²) in [4.78, 5) is 22.5. The lowest BCUT2D eigenvalue weighted by Crippen LogP contribution is -2.40. The van der Waals surface area contributed by atoms with Crippen LogP contribution < -0.4 is 5.32 Å². The van der Waals surface area contributed by atoms with Crippen LogP contribution in [0.15, 0.2) is 48.5 Å². The lowest BCUT2D eigenvalue weighted by Gasteiger charge is -2.30. The van der Waals surface area contributed by atoms with Crippen molar-refractivity contribution in [1.29, 1.82) is 0 Å². The van der Waals surface area contributed by atoms with Crippen molar-refractivity contribution in [2.45, 2.75) is 45.9 Å². The molecule has 0 aromatic heterocycles. The van der Waals surface area contributed by atoms with Crippen molar-refractivity contribution in [1.82, 2.24) is 5.32 Å². The van der Waals surface area contributed by atoms with Gasteiger partial charge in [-0.2, -0.15) is 0 Å². The van der Waals surface area contributed by atoms with Gasteiger partial charge in [-0.15, -0.1) is 0 Å². The van der Waals surface area contributed by atoms with E-state index in [1.807, 2.05) is 39.0 Å². The molecule has 0 fully saturated rings.